The fraction of sp³-hybridized carbons (Fsp3) is 0.0556. The molecule has 1 aromatic carbocycles. The van der Waals surface area contributed by atoms with Crippen LogP contribution in [0.2, 0.25) is 0 Å². The Morgan fingerprint density at radius 1 is 1.32 bits per heavy atom. The lowest BCUT2D eigenvalue weighted by atomic mass is 10.1. The van der Waals surface area contributed by atoms with Crippen LogP contribution in [0.15, 0.2) is 62.3 Å². The second kappa shape index (κ2) is 7.41. The summed E-state index contributed by atoms with van der Waals surface area (Å²) in [5, 5.41) is 13.9. The van der Waals surface area contributed by atoms with Crippen LogP contribution in [0.25, 0.3) is 17.4 Å². The number of benzene rings is 1. The van der Waals surface area contributed by atoms with E-state index in [1.165, 1.54) is 40.1 Å². The maximum absolute atomic E-state index is 12.5. The van der Waals surface area contributed by atoms with Crippen molar-refractivity contribution in [3.63, 3.8) is 0 Å². The van der Waals surface area contributed by atoms with Gasteiger partial charge in [0.05, 0.1) is 9.83 Å². The standard InChI is InChI=1S/C18H12N4O4S2/c1-21-16(23)15(28-18(21)20-17-19-7-8-27-17)10-13-5-6-14(26-13)11-3-2-4-12(9-11)22(24)25/h2-10H,1H3/b15-10+,20-18+. The molecule has 28 heavy (non-hydrogen) atoms. The molecule has 0 N–H and O–H groups in total. The quantitative estimate of drug-likeness (QED) is 0.354. The van der Waals surface area contributed by atoms with E-state index in [2.05, 4.69) is 9.98 Å². The van der Waals surface area contributed by atoms with Crippen molar-refractivity contribution in [3.05, 3.63) is 68.8 Å². The van der Waals surface area contributed by atoms with Crippen LogP contribution in [0.1, 0.15) is 5.76 Å². The van der Waals surface area contributed by atoms with Crippen LogP contribution in [0.5, 0.6) is 0 Å². The molecule has 140 valence electrons. The van der Waals surface area contributed by atoms with E-state index < -0.39 is 4.92 Å². The zero-order valence-corrected chi connectivity index (χ0v) is 16.1. The number of carbonyl (C=O) groups excluding carboxylic acids is 1. The highest BCUT2D eigenvalue weighted by atomic mass is 32.2. The van der Waals surface area contributed by atoms with Crippen molar-refractivity contribution in [2.24, 2.45) is 4.99 Å². The third-order valence-corrected chi connectivity index (χ3v) is 5.58. The minimum atomic E-state index is -0.456. The maximum Gasteiger partial charge on any atom is 0.270 e. The molecule has 0 spiro atoms. The Labute approximate surface area is 167 Å². The third kappa shape index (κ3) is 3.59. The number of thioether (sulfide) groups is 1. The molecule has 1 aliphatic heterocycles. The van der Waals surface area contributed by atoms with Crippen LogP contribution >= 0.6 is 23.1 Å². The number of carbonyl (C=O) groups is 1. The summed E-state index contributed by atoms with van der Waals surface area (Å²) in [7, 11) is 1.65. The van der Waals surface area contributed by atoms with Gasteiger partial charge in [0.2, 0.25) is 5.13 Å². The molecule has 10 heteroatoms. The van der Waals surface area contributed by atoms with Crippen LogP contribution in [0, 0.1) is 10.1 Å². The normalized spacial score (nSPS) is 17.0. The first-order chi connectivity index (χ1) is 13.5. The topological polar surface area (TPSA) is 102 Å². The summed E-state index contributed by atoms with van der Waals surface area (Å²) in [4.78, 5) is 33.4. The number of nitro groups is 1. The molecule has 3 aromatic rings. The van der Waals surface area contributed by atoms with Gasteiger partial charge in [0.15, 0.2) is 5.17 Å². The number of hydrogen-bond acceptors (Lipinski definition) is 8. The molecular weight excluding hydrogens is 400 g/mol. The molecule has 0 radical (unpaired) electrons. The monoisotopic (exact) mass is 412 g/mol. The summed E-state index contributed by atoms with van der Waals surface area (Å²) in [5.41, 5.74) is 0.576. The van der Waals surface area contributed by atoms with E-state index in [1.807, 2.05) is 5.38 Å². The lowest BCUT2D eigenvalue weighted by Crippen LogP contribution is -2.23. The van der Waals surface area contributed by atoms with Crippen LogP contribution in [0.3, 0.4) is 0 Å². The van der Waals surface area contributed by atoms with Gasteiger partial charge in [-0.05, 0) is 23.9 Å². The fourth-order valence-corrected chi connectivity index (χ4v) is 4.00. The van der Waals surface area contributed by atoms with E-state index in [0.717, 1.165) is 0 Å². The molecule has 1 aliphatic rings. The Hall–Kier alpha value is -3.24. The summed E-state index contributed by atoms with van der Waals surface area (Å²) < 4.78 is 5.76. The van der Waals surface area contributed by atoms with Crippen molar-refractivity contribution in [1.82, 2.24) is 9.88 Å². The van der Waals surface area contributed by atoms with Crippen molar-refractivity contribution in [1.29, 1.82) is 0 Å². The molecule has 1 amide bonds. The SMILES string of the molecule is CN1C(=O)/C(=C\c2ccc(-c3cccc([N+](=O)[O-])c3)o2)S/C1=N/c1nccs1. The van der Waals surface area contributed by atoms with E-state index in [4.69, 9.17) is 4.42 Å². The Morgan fingerprint density at radius 3 is 2.93 bits per heavy atom. The number of amidine groups is 1. The minimum absolute atomic E-state index is 0.0139. The van der Waals surface area contributed by atoms with E-state index in [1.54, 1.807) is 43.6 Å². The van der Waals surface area contributed by atoms with Gasteiger partial charge >= 0.3 is 0 Å². The molecule has 1 saturated heterocycles. The number of aliphatic imine (C=N–C) groups is 1. The molecule has 8 nitrogen and oxygen atoms in total. The maximum atomic E-state index is 12.5. The van der Waals surface area contributed by atoms with Gasteiger partial charge in [0.25, 0.3) is 11.6 Å². The van der Waals surface area contributed by atoms with Crippen LogP contribution in [0.4, 0.5) is 10.8 Å². The molecule has 0 atom stereocenters. The van der Waals surface area contributed by atoms with E-state index in [9.17, 15) is 14.9 Å². The van der Waals surface area contributed by atoms with Crippen molar-refractivity contribution in [2.45, 2.75) is 0 Å². The Bertz CT molecular complexity index is 1120. The summed E-state index contributed by atoms with van der Waals surface area (Å²) in [6, 6.07) is 9.61. The van der Waals surface area contributed by atoms with Crippen LogP contribution in [-0.4, -0.2) is 32.9 Å². The number of amides is 1. The summed E-state index contributed by atoms with van der Waals surface area (Å²) in [6.45, 7) is 0. The largest absolute Gasteiger partial charge is 0.457 e. The second-order valence-corrected chi connectivity index (χ2v) is 7.58. The van der Waals surface area contributed by atoms with E-state index >= 15 is 0 Å². The van der Waals surface area contributed by atoms with Crippen molar-refractivity contribution >= 4 is 51.1 Å². The zero-order chi connectivity index (χ0) is 19.7. The number of non-ortho nitro benzene ring substituents is 1. The first-order valence-corrected chi connectivity index (χ1v) is 9.71. The number of aromatic nitrogens is 1. The Kier molecular flexibility index (Phi) is 4.80. The molecule has 2 aromatic heterocycles. The number of hydrogen-bond donors (Lipinski definition) is 0. The van der Waals surface area contributed by atoms with Gasteiger partial charge < -0.3 is 4.42 Å². The van der Waals surface area contributed by atoms with Crippen molar-refractivity contribution < 1.29 is 14.1 Å². The van der Waals surface area contributed by atoms with Crippen LogP contribution < -0.4 is 0 Å². The number of furan rings is 1. The molecule has 0 aliphatic carbocycles. The van der Waals surface area contributed by atoms with Crippen molar-refractivity contribution in [3.8, 4) is 11.3 Å². The predicted octanol–water partition coefficient (Wildman–Crippen LogP) is 4.55. The third-order valence-electron chi connectivity index (χ3n) is 3.86. The lowest BCUT2D eigenvalue weighted by molar-refractivity contribution is -0.384. The summed E-state index contributed by atoms with van der Waals surface area (Å²) in [5.74, 6) is 0.769. The van der Waals surface area contributed by atoms with E-state index in [0.29, 0.717) is 32.3 Å². The lowest BCUT2D eigenvalue weighted by Gasteiger charge is -2.05. The van der Waals surface area contributed by atoms with Gasteiger partial charge in [-0.25, -0.2) is 4.98 Å². The number of thiazole rings is 1. The highest BCUT2D eigenvalue weighted by Crippen LogP contribution is 2.34. The van der Waals surface area contributed by atoms with Gasteiger partial charge in [-0.1, -0.05) is 12.1 Å². The average molecular weight is 412 g/mol. The Balaban J connectivity index is 1.59. The van der Waals surface area contributed by atoms with Crippen molar-refractivity contribution in [2.75, 3.05) is 7.05 Å². The number of nitro benzene ring substituents is 1. The first kappa shape index (κ1) is 18.1. The average Bonchev–Trinajstić information content (AvgIpc) is 3.42. The predicted molar refractivity (Wildman–Crippen MR) is 108 cm³/mol. The highest BCUT2D eigenvalue weighted by molar-refractivity contribution is 8.18. The molecule has 1 fully saturated rings. The first-order valence-electron chi connectivity index (χ1n) is 8.02. The summed E-state index contributed by atoms with van der Waals surface area (Å²) in [6.07, 6.45) is 3.29. The van der Waals surface area contributed by atoms with Gasteiger partial charge in [0.1, 0.15) is 11.5 Å². The van der Waals surface area contributed by atoms with Gasteiger partial charge in [-0.15, -0.1) is 11.3 Å². The smallest absolute Gasteiger partial charge is 0.270 e. The molecule has 3 heterocycles. The number of rotatable bonds is 4. The molecule has 0 bridgehead atoms. The molecule has 0 saturated carbocycles. The molecular formula is C18H12N4O4S2. The van der Waals surface area contributed by atoms with Gasteiger partial charge in [0, 0.05) is 42.4 Å². The van der Waals surface area contributed by atoms with Crippen LogP contribution in [-0.2, 0) is 4.79 Å². The number of nitrogens with zero attached hydrogens (tertiary/aromatic N) is 4. The van der Waals surface area contributed by atoms with Gasteiger partial charge in [-0.2, -0.15) is 4.99 Å². The zero-order valence-electron chi connectivity index (χ0n) is 14.4. The highest BCUT2D eigenvalue weighted by Gasteiger charge is 2.31. The molecule has 4 rings (SSSR count). The number of likely N-dealkylation sites (N-methyl/N-ethyl adjacent to an activating group) is 1. The molecule has 0 unspecified atom stereocenters. The second-order valence-electron chi connectivity index (χ2n) is 5.69. The minimum Gasteiger partial charge on any atom is -0.457 e. The summed E-state index contributed by atoms with van der Waals surface area (Å²) >= 11 is 2.62. The Morgan fingerprint density at radius 2 is 2.18 bits per heavy atom. The van der Waals surface area contributed by atoms with E-state index in [-0.39, 0.29) is 11.6 Å². The fourth-order valence-electron chi connectivity index (χ4n) is 2.49. The van der Waals surface area contributed by atoms with Gasteiger partial charge in [-0.3, -0.25) is 19.8 Å².